The van der Waals surface area contributed by atoms with Gasteiger partial charge >= 0.3 is 0 Å². The summed E-state index contributed by atoms with van der Waals surface area (Å²) < 4.78 is 1.86. The third kappa shape index (κ3) is 4.23. The Hall–Kier alpha value is -2.31. The van der Waals surface area contributed by atoms with Crippen molar-refractivity contribution in [1.29, 1.82) is 0 Å². The molecule has 1 aromatic heterocycles. The van der Waals surface area contributed by atoms with Crippen LogP contribution in [0, 0.1) is 20.8 Å². The number of amides is 1. The third-order valence-corrected chi connectivity index (χ3v) is 5.99. The van der Waals surface area contributed by atoms with Crippen molar-refractivity contribution in [2.45, 2.75) is 38.1 Å². The molecule has 0 radical (unpaired) electrons. The second kappa shape index (κ2) is 8.37. The molecule has 0 fully saturated rings. The molecule has 1 atom stereocenters. The number of hydrogen-bond acceptors (Lipinski definition) is 4. The van der Waals surface area contributed by atoms with E-state index in [1.54, 1.807) is 0 Å². The van der Waals surface area contributed by atoms with Gasteiger partial charge in [0.15, 0.2) is 11.0 Å². The first-order valence-electron chi connectivity index (χ1n) is 8.97. The lowest BCUT2D eigenvalue weighted by Gasteiger charge is -2.16. The standard InChI is InChI=1S/C21H23ClN4OS/c1-12-10-13(2)18(14(3)11-12)23-20(27)15(4)28-21-25-24-19(26(21)5)16-8-6-7-9-17(16)22/h6-11,15H,1-5H3,(H,23,27)/t15-/m0/s1. The van der Waals surface area contributed by atoms with Crippen LogP contribution in [0.5, 0.6) is 0 Å². The maximum atomic E-state index is 12.7. The van der Waals surface area contributed by atoms with E-state index in [9.17, 15) is 4.79 Å². The van der Waals surface area contributed by atoms with Crippen molar-refractivity contribution in [3.8, 4) is 11.4 Å². The van der Waals surface area contributed by atoms with Gasteiger partial charge in [0.05, 0.1) is 10.3 Å². The van der Waals surface area contributed by atoms with E-state index < -0.39 is 0 Å². The summed E-state index contributed by atoms with van der Waals surface area (Å²) in [5, 5.41) is 12.5. The second-order valence-corrected chi connectivity index (χ2v) is 8.58. The molecular weight excluding hydrogens is 392 g/mol. The Kier molecular flexibility index (Phi) is 6.10. The van der Waals surface area contributed by atoms with Gasteiger partial charge in [0.2, 0.25) is 5.91 Å². The fraction of sp³-hybridized carbons (Fsp3) is 0.286. The van der Waals surface area contributed by atoms with Crippen molar-refractivity contribution in [2.24, 2.45) is 7.05 Å². The molecule has 0 unspecified atom stereocenters. The number of rotatable bonds is 5. The zero-order valence-corrected chi connectivity index (χ0v) is 18.1. The van der Waals surface area contributed by atoms with Gasteiger partial charge in [-0.1, -0.05) is 53.2 Å². The van der Waals surface area contributed by atoms with Crippen LogP contribution in [0.2, 0.25) is 5.02 Å². The van der Waals surface area contributed by atoms with E-state index in [1.807, 2.05) is 56.7 Å². The molecule has 0 saturated heterocycles. The van der Waals surface area contributed by atoms with Crippen LogP contribution >= 0.6 is 23.4 Å². The van der Waals surface area contributed by atoms with Gasteiger partial charge in [0.25, 0.3) is 0 Å². The fourth-order valence-electron chi connectivity index (χ4n) is 3.11. The van der Waals surface area contributed by atoms with E-state index in [0.29, 0.717) is 16.0 Å². The molecule has 0 aliphatic carbocycles. The SMILES string of the molecule is Cc1cc(C)c(NC(=O)[C@H](C)Sc2nnc(-c3ccccc3Cl)n2C)c(C)c1. The summed E-state index contributed by atoms with van der Waals surface area (Å²) in [7, 11) is 1.87. The molecule has 1 amide bonds. The molecule has 2 aromatic carbocycles. The monoisotopic (exact) mass is 414 g/mol. The zero-order valence-electron chi connectivity index (χ0n) is 16.6. The van der Waals surface area contributed by atoms with Crippen molar-refractivity contribution in [3.63, 3.8) is 0 Å². The normalized spacial score (nSPS) is 12.1. The number of halogens is 1. The summed E-state index contributed by atoms with van der Waals surface area (Å²) >= 11 is 7.64. The van der Waals surface area contributed by atoms with E-state index in [4.69, 9.17) is 11.6 Å². The summed E-state index contributed by atoms with van der Waals surface area (Å²) in [5.41, 5.74) is 4.99. The lowest BCUT2D eigenvalue weighted by molar-refractivity contribution is -0.115. The number of nitrogens with zero attached hydrogens (tertiary/aromatic N) is 3. The Labute approximate surface area is 174 Å². The third-order valence-electron chi connectivity index (χ3n) is 4.53. The van der Waals surface area contributed by atoms with Crippen LogP contribution in [0.15, 0.2) is 41.6 Å². The Balaban J connectivity index is 1.76. The Morgan fingerprint density at radius 3 is 2.43 bits per heavy atom. The van der Waals surface area contributed by atoms with Crippen LogP contribution in [0.4, 0.5) is 5.69 Å². The predicted molar refractivity (Wildman–Crippen MR) is 116 cm³/mol. The maximum absolute atomic E-state index is 12.7. The van der Waals surface area contributed by atoms with E-state index in [1.165, 1.54) is 17.3 Å². The molecule has 28 heavy (non-hydrogen) atoms. The lowest BCUT2D eigenvalue weighted by Crippen LogP contribution is -2.23. The Bertz CT molecular complexity index is 1010. The van der Waals surface area contributed by atoms with Gasteiger partial charge < -0.3 is 9.88 Å². The number of nitrogens with one attached hydrogen (secondary N) is 1. The quantitative estimate of drug-likeness (QED) is 0.584. The molecule has 7 heteroatoms. The number of hydrogen-bond donors (Lipinski definition) is 1. The van der Waals surface area contributed by atoms with E-state index in [2.05, 4.69) is 34.6 Å². The molecule has 0 aliphatic heterocycles. The zero-order chi connectivity index (χ0) is 20.4. The molecule has 3 rings (SSSR count). The Morgan fingerprint density at radius 2 is 1.79 bits per heavy atom. The highest BCUT2D eigenvalue weighted by Crippen LogP contribution is 2.30. The minimum absolute atomic E-state index is 0.0673. The average Bonchev–Trinajstić information content (AvgIpc) is 2.98. The van der Waals surface area contributed by atoms with Gasteiger partial charge in [-0.05, 0) is 51.0 Å². The van der Waals surface area contributed by atoms with E-state index in [0.717, 1.165) is 22.4 Å². The molecule has 146 valence electrons. The molecule has 1 heterocycles. The van der Waals surface area contributed by atoms with Gasteiger partial charge in [-0.15, -0.1) is 10.2 Å². The summed E-state index contributed by atoms with van der Waals surface area (Å²) in [4.78, 5) is 12.7. The first-order chi connectivity index (χ1) is 13.3. The number of carbonyl (C=O) groups is 1. The maximum Gasteiger partial charge on any atom is 0.237 e. The van der Waals surface area contributed by atoms with Crippen LogP contribution in [0.3, 0.4) is 0 Å². The molecular formula is C21H23ClN4OS. The van der Waals surface area contributed by atoms with Gasteiger partial charge in [-0.25, -0.2) is 0 Å². The summed E-state index contributed by atoms with van der Waals surface area (Å²) in [6, 6.07) is 11.6. The first kappa shape index (κ1) is 20.4. The molecule has 0 saturated carbocycles. The van der Waals surface area contributed by atoms with Crippen LogP contribution in [-0.4, -0.2) is 25.9 Å². The average molecular weight is 415 g/mol. The number of thioether (sulfide) groups is 1. The molecule has 5 nitrogen and oxygen atoms in total. The topological polar surface area (TPSA) is 59.8 Å². The lowest BCUT2D eigenvalue weighted by atomic mass is 10.1. The van der Waals surface area contributed by atoms with Gasteiger partial charge in [-0.3, -0.25) is 4.79 Å². The number of aryl methyl sites for hydroxylation is 3. The van der Waals surface area contributed by atoms with E-state index >= 15 is 0 Å². The van der Waals surface area contributed by atoms with Crippen LogP contribution in [0.25, 0.3) is 11.4 Å². The van der Waals surface area contributed by atoms with Crippen LogP contribution in [0.1, 0.15) is 23.6 Å². The van der Waals surface area contributed by atoms with Crippen LogP contribution < -0.4 is 5.32 Å². The molecule has 1 N–H and O–H groups in total. The number of benzene rings is 2. The van der Waals surface area contributed by atoms with Crippen LogP contribution in [-0.2, 0) is 11.8 Å². The predicted octanol–water partition coefficient (Wildman–Crippen LogP) is 5.18. The molecule has 3 aromatic rings. The minimum Gasteiger partial charge on any atom is -0.325 e. The van der Waals surface area contributed by atoms with Crippen molar-refractivity contribution in [1.82, 2.24) is 14.8 Å². The molecule has 0 aliphatic rings. The summed E-state index contributed by atoms with van der Waals surface area (Å²) in [6.45, 7) is 7.93. The Morgan fingerprint density at radius 1 is 1.14 bits per heavy atom. The highest BCUT2D eigenvalue weighted by molar-refractivity contribution is 8.00. The van der Waals surface area contributed by atoms with Crippen molar-refractivity contribution in [3.05, 3.63) is 58.1 Å². The molecule has 0 spiro atoms. The van der Waals surface area contributed by atoms with Crippen molar-refractivity contribution in [2.75, 3.05) is 5.32 Å². The summed E-state index contributed by atoms with van der Waals surface area (Å²) in [5.74, 6) is 0.605. The fourth-order valence-corrected chi connectivity index (χ4v) is 4.14. The highest BCUT2D eigenvalue weighted by Gasteiger charge is 2.21. The second-order valence-electron chi connectivity index (χ2n) is 6.87. The molecule has 0 bridgehead atoms. The van der Waals surface area contributed by atoms with E-state index in [-0.39, 0.29) is 11.2 Å². The van der Waals surface area contributed by atoms with Crippen molar-refractivity contribution >= 4 is 35.0 Å². The number of anilines is 1. The van der Waals surface area contributed by atoms with Gasteiger partial charge in [0.1, 0.15) is 0 Å². The summed E-state index contributed by atoms with van der Waals surface area (Å²) in [6.07, 6.45) is 0. The van der Waals surface area contributed by atoms with Gasteiger partial charge in [0, 0.05) is 18.3 Å². The van der Waals surface area contributed by atoms with Crippen molar-refractivity contribution < 1.29 is 4.79 Å². The number of carbonyl (C=O) groups excluding carboxylic acids is 1. The minimum atomic E-state index is -0.331. The smallest absolute Gasteiger partial charge is 0.237 e. The van der Waals surface area contributed by atoms with Gasteiger partial charge in [-0.2, -0.15) is 0 Å². The first-order valence-corrected chi connectivity index (χ1v) is 10.2. The number of aromatic nitrogens is 3. The highest BCUT2D eigenvalue weighted by atomic mass is 35.5. The largest absolute Gasteiger partial charge is 0.325 e.